The van der Waals surface area contributed by atoms with E-state index in [1.165, 1.54) is 11.1 Å². The van der Waals surface area contributed by atoms with E-state index in [9.17, 15) is 13.2 Å². The maximum absolute atomic E-state index is 13.0. The molecule has 11 nitrogen and oxygen atoms in total. The molecule has 0 fully saturated rings. The molecule has 0 saturated carbocycles. The van der Waals surface area contributed by atoms with Gasteiger partial charge < -0.3 is 15.0 Å². The molecule has 12 heteroatoms. The Morgan fingerprint density at radius 3 is 2.29 bits per heavy atom. The highest BCUT2D eigenvalue weighted by Crippen LogP contribution is 2.34. The topological polar surface area (TPSA) is 144 Å². The molecule has 2 heterocycles. The fourth-order valence-corrected chi connectivity index (χ4v) is 6.61. The van der Waals surface area contributed by atoms with E-state index in [0.29, 0.717) is 24.4 Å². The lowest BCUT2D eigenvalue weighted by Gasteiger charge is -2.24. The fraction of sp³-hybridized carbons (Fsp3) is 0.389. The van der Waals surface area contributed by atoms with Gasteiger partial charge in [-0.25, -0.2) is 13.2 Å². The number of hydrogen-bond acceptors (Lipinski definition) is 7. The van der Waals surface area contributed by atoms with Crippen molar-refractivity contribution in [3.05, 3.63) is 88.7 Å². The number of H-pyrrole nitrogens is 1. The number of tetrazole rings is 1. The zero-order chi connectivity index (χ0) is 34.6. The number of anilines is 1. The molecule has 1 atom stereocenters. The second-order valence-electron chi connectivity index (χ2n) is 13.6. The highest BCUT2D eigenvalue weighted by atomic mass is 32.2. The minimum absolute atomic E-state index is 0.145. The maximum Gasteiger partial charge on any atom is 0.407 e. The lowest BCUT2D eigenvalue weighted by atomic mass is 9.95. The summed E-state index contributed by atoms with van der Waals surface area (Å²) in [7, 11) is -3.34. The molecular formula is C36H45N7O4S. The molecule has 0 aliphatic rings. The molecule has 2 aromatic heterocycles. The number of nitrogens with zero attached hydrogens (tertiary/aromatic N) is 4. The van der Waals surface area contributed by atoms with Crippen molar-refractivity contribution < 1.29 is 17.9 Å². The molecule has 0 aliphatic heterocycles. The van der Waals surface area contributed by atoms with Crippen LogP contribution < -0.4 is 10.0 Å². The van der Waals surface area contributed by atoms with E-state index in [1.807, 2.05) is 45.9 Å². The number of nitrogens with one attached hydrogen (secondary N) is 3. The van der Waals surface area contributed by atoms with Crippen LogP contribution >= 0.6 is 0 Å². The van der Waals surface area contributed by atoms with Crippen LogP contribution in [0.15, 0.2) is 60.7 Å². The van der Waals surface area contributed by atoms with Crippen molar-refractivity contribution in [3.63, 3.8) is 0 Å². The highest BCUT2D eigenvalue weighted by molar-refractivity contribution is 7.92. The Labute approximate surface area is 282 Å². The van der Waals surface area contributed by atoms with Crippen LogP contribution in [0.4, 0.5) is 10.5 Å². The number of alkyl carbamates (subject to hydrolysis) is 1. The van der Waals surface area contributed by atoms with Gasteiger partial charge in [-0.3, -0.25) is 4.72 Å². The Bertz CT molecular complexity index is 1990. The molecule has 5 aromatic rings. The molecule has 5 rings (SSSR count). The van der Waals surface area contributed by atoms with Crippen molar-refractivity contribution in [2.45, 2.75) is 85.3 Å². The highest BCUT2D eigenvalue weighted by Gasteiger charge is 2.22. The first-order chi connectivity index (χ1) is 22.6. The van der Waals surface area contributed by atoms with Crippen LogP contribution in [0.2, 0.25) is 0 Å². The quantitative estimate of drug-likeness (QED) is 0.130. The monoisotopic (exact) mass is 671 g/mol. The number of aromatic amines is 1. The summed E-state index contributed by atoms with van der Waals surface area (Å²) in [6.07, 6.45) is 4.42. The van der Waals surface area contributed by atoms with Gasteiger partial charge in [-0.2, -0.15) is 4.68 Å². The summed E-state index contributed by atoms with van der Waals surface area (Å²) in [5.74, 6) is 0.698. The molecule has 254 valence electrons. The van der Waals surface area contributed by atoms with Crippen molar-refractivity contribution in [1.82, 2.24) is 30.5 Å². The Balaban J connectivity index is 1.42. The molecule has 0 bridgehead atoms. The third-order valence-corrected chi connectivity index (χ3v) is 8.62. The first-order valence-corrected chi connectivity index (χ1v) is 18.1. The van der Waals surface area contributed by atoms with Gasteiger partial charge in [0, 0.05) is 28.3 Å². The molecule has 3 aromatic carbocycles. The van der Waals surface area contributed by atoms with Crippen molar-refractivity contribution in [1.29, 1.82) is 0 Å². The maximum atomic E-state index is 13.0. The predicted molar refractivity (Wildman–Crippen MR) is 190 cm³/mol. The van der Waals surface area contributed by atoms with Gasteiger partial charge in [0.15, 0.2) is 5.82 Å². The van der Waals surface area contributed by atoms with E-state index in [4.69, 9.17) is 4.74 Å². The van der Waals surface area contributed by atoms with Gasteiger partial charge in [0.1, 0.15) is 5.60 Å². The van der Waals surface area contributed by atoms with Gasteiger partial charge in [-0.05, 0) is 143 Å². The summed E-state index contributed by atoms with van der Waals surface area (Å²) in [5, 5.41) is 16.3. The Hall–Kier alpha value is -4.71. The van der Waals surface area contributed by atoms with E-state index in [-0.39, 0.29) is 6.04 Å². The van der Waals surface area contributed by atoms with Crippen molar-refractivity contribution in [3.8, 4) is 16.9 Å². The SMILES string of the molecule is Cc1cc(C)cc(-c2[nH]c3ccc(-n4nnnc4C)cc3c2CCC(CCCc2ccc(NS(C)(=O)=O)cc2)NC(=O)OC(C)(C)C)c1. The number of benzene rings is 3. The van der Waals surface area contributed by atoms with Gasteiger partial charge in [-0.1, -0.05) is 29.3 Å². The molecular weight excluding hydrogens is 627 g/mol. The summed E-state index contributed by atoms with van der Waals surface area (Å²) in [4.78, 5) is 16.7. The third-order valence-electron chi connectivity index (χ3n) is 8.01. The predicted octanol–water partition coefficient (Wildman–Crippen LogP) is 6.96. The summed E-state index contributed by atoms with van der Waals surface area (Å²) >= 11 is 0. The summed E-state index contributed by atoms with van der Waals surface area (Å²) in [6, 6.07) is 20.0. The molecule has 0 spiro atoms. The van der Waals surface area contributed by atoms with Crippen LogP contribution in [-0.4, -0.2) is 57.6 Å². The van der Waals surface area contributed by atoms with Gasteiger partial charge in [0.05, 0.1) is 11.9 Å². The number of fused-ring (bicyclic) bond motifs is 1. The van der Waals surface area contributed by atoms with E-state index in [2.05, 4.69) is 74.7 Å². The average Bonchev–Trinajstić information content (AvgIpc) is 3.57. The summed E-state index contributed by atoms with van der Waals surface area (Å²) in [6.45, 7) is 11.7. The number of aryl methyl sites for hydroxylation is 5. The van der Waals surface area contributed by atoms with Crippen LogP contribution in [0.3, 0.4) is 0 Å². The van der Waals surface area contributed by atoms with Crippen LogP contribution in [0.25, 0.3) is 27.8 Å². The number of aromatic nitrogens is 5. The van der Waals surface area contributed by atoms with E-state index < -0.39 is 21.7 Å². The second-order valence-corrected chi connectivity index (χ2v) is 15.3. The van der Waals surface area contributed by atoms with Crippen molar-refractivity contribution in [2.24, 2.45) is 0 Å². The van der Waals surface area contributed by atoms with E-state index in [0.717, 1.165) is 64.5 Å². The number of amides is 1. The standard InChI is InChI=1S/C36H45N7O4S/c1-23-19-24(2)21-27(20-23)34-31(32-22-30(16-18-33(32)38-34)43-25(3)39-41-42-43)17-15-28(37-35(44)47-36(4,5)6)10-8-9-26-11-13-29(14-12-26)40-48(7,45)46/h11-14,16,18-22,28,38,40H,8-10,15,17H2,1-7H3,(H,37,44). The minimum Gasteiger partial charge on any atom is -0.444 e. The minimum atomic E-state index is -3.34. The molecule has 0 saturated heterocycles. The van der Waals surface area contributed by atoms with Crippen LogP contribution in [0.5, 0.6) is 0 Å². The zero-order valence-electron chi connectivity index (χ0n) is 28.7. The number of hydrogen-bond donors (Lipinski definition) is 3. The van der Waals surface area contributed by atoms with Crippen molar-refractivity contribution in [2.75, 3.05) is 11.0 Å². The van der Waals surface area contributed by atoms with Crippen LogP contribution in [0, 0.1) is 20.8 Å². The van der Waals surface area contributed by atoms with Gasteiger partial charge in [0.2, 0.25) is 10.0 Å². The van der Waals surface area contributed by atoms with Crippen molar-refractivity contribution >= 4 is 32.7 Å². The first kappa shape index (κ1) is 34.6. The Kier molecular flexibility index (Phi) is 10.2. The largest absolute Gasteiger partial charge is 0.444 e. The Morgan fingerprint density at radius 2 is 1.67 bits per heavy atom. The smallest absolute Gasteiger partial charge is 0.407 e. The van der Waals surface area contributed by atoms with Gasteiger partial charge >= 0.3 is 6.09 Å². The lowest BCUT2D eigenvalue weighted by molar-refractivity contribution is 0.0498. The van der Waals surface area contributed by atoms with Gasteiger partial charge in [0.25, 0.3) is 0 Å². The normalized spacial score (nSPS) is 12.6. The number of rotatable bonds is 12. The second kappa shape index (κ2) is 14.2. The fourth-order valence-electron chi connectivity index (χ4n) is 6.05. The van der Waals surface area contributed by atoms with E-state index >= 15 is 0 Å². The summed E-state index contributed by atoms with van der Waals surface area (Å²) in [5.41, 5.74) is 8.59. The average molecular weight is 672 g/mol. The molecule has 3 N–H and O–H groups in total. The summed E-state index contributed by atoms with van der Waals surface area (Å²) < 4.78 is 33.0. The molecule has 1 amide bonds. The first-order valence-electron chi connectivity index (χ1n) is 16.2. The third kappa shape index (κ3) is 9.21. The lowest BCUT2D eigenvalue weighted by Crippen LogP contribution is -2.39. The molecule has 1 unspecified atom stereocenters. The number of ether oxygens (including phenoxy) is 1. The van der Waals surface area contributed by atoms with Gasteiger partial charge in [-0.15, -0.1) is 5.10 Å². The number of carbonyl (C=O) groups excluding carboxylic acids is 1. The number of sulfonamides is 1. The molecule has 48 heavy (non-hydrogen) atoms. The van der Waals surface area contributed by atoms with Crippen LogP contribution in [0.1, 0.15) is 68.1 Å². The number of carbonyl (C=O) groups is 1. The van der Waals surface area contributed by atoms with Crippen LogP contribution in [-0.2, 0) is 27.6 Å². The molecule has 0 aliphatic carbocycles. The Morgan fingerprint density at radius 1 is 0.958 bits per heavy atom. The zero-order valence-corrected chi connectivity index (χ0v) is 29.5. The molecule has 0 radical (unpaired) electrons. The van der Waals surface area contributed by atoms with E-state index in [1.54, 1.807) is 16.8 Å².